The number of amides is 2. The van der Waals surface area contributed by atoms with Crippen molar-refractivity contribution >= 4 is 23.6 Å². The molecule has 2 N–H and O–H groups in total. The van der Waals surface area contributed by atoms with Crippen LogP contribution in [0.25, 0.3) is 6.08 Å². The Morgan fingerprint density at radius 3 is 2.27 bits per heavy atom. The largest absolute Gasteiger partial charge is 0.508 e. The van der Waals surface area contributed by atoms with Gasteiger partial charge in [-0.15, -0.1) is 0 Å². The molecule has 6 heteroatoms. The number of hydrogen-bond donors (Lipinski definition) is 2. The molecule has 22 heavy (non-hydrogen) atoms. The van der Waals surface area contributed by atoms with Crippen molar-refractivity contribution in [2.24, 2.45) is 0 Å². The SMILES string of the molecule is O=C1NN(c2ccc(F)cc2)C(=O)/C1=C/c1ccc(O)cc1. The molecule has 1 heterocycles. The molecule has 0 saturated carbocycles. The minimum absolute atomic E-state index is 0.0324. The summed E-state index contributed by atoms with van der Waals surface area (Å²) in [5.41, 5.74) is 3.37. The van der Waals surface area contributed by atoms with E-state index < -0.39 is 17.6 Å². The topological polar surface area (TPSA) is 69.6 Å². The van der Waals surface area contributed by atoms with Gasteiger partial charge in [0.25, 0.3) is 11.8 Å². The Morgan fingerprint density at radius 1 is 1.00 bits per heavy atom. The van der Waals surface area contributed by atoms with Gasteiger partial charge in [0.05, 0.1) is 5.69 Å². The monoisotopic (exact) mass is 298 g/mol. The summed E-state index contributed by atoms with van der Waals surface area (Å²) in [4.78, 5) is 24.2. The maximum atomic E-state index is 12.9. The molecule has 0 aliphatic carbocycles. The maximum Gasteiger partial charge on any atom is 0.282 e. The van der Waals surface area contributed by atoms with E-state index in [1.54, 1.807) is 12.1 Å². The Morgan fingerprint density at radius 2 is 1.64 bits per heavy atom. The quantitative estimate of drug-likeness (QED) is 0.658. The highest BCUT2D eigenvalue weighted by molar-refractivity contribution is 6.31. The second-order valence-corrected chi connectivity index (χ2v) is 4.71. The first-order valence-electron chi connectivity index (χ1n) is 6.46. The number of benzene rings is 2. The summed E-state index contributed by atoms with van der Waals surface area (Å²) in [5, 5.41) is 10.3. The van der Waals surface area contributed by atoms with E-state index in [0.717, 1.165) is 5.01 Å². The molecule has 2 aromatic rings. The normalized spacial score (nSPS) is 16.2. The molecule has 2 aromatic carbocycles. The lowest BCUT2D eigenvalue weighted by Crippen LogP contribution is -2.35. The number of phenolic OH excluding ortho intramolecular Hbond substituents is 1. The van der Waals surface area contributed by atoms with Crippen molar-refractivity contribution in [2.75, 3.05) is 5.01 Å². The van der Waals surface area contributed by atoms with E-state index in [1.807, 2.05) is 0 Å². The number of hydrazine groups is 1. The van der Waals surface area contributed by atoms with Crippen LogP contribution in [0.5, 0.6) is 5.75 Å². The fourth-order valence-corrected chi connectivity index (χ4v) is 2.07. The minimum atomic E-state index is -0.539. The zero-order chi connectivity index (χ0) is 15.7. The zero-order valence-electron chi connectivity index (χ0n) is 11.3. The van der Waals surface area contributed by atoms with E-state index in [4.69, 9.17) is 0 Å². The van der Waals surface area contributed by atoms with Gasteiger partial charge in [-0.25, -0.2) is 9.40 Å². The first-order chi connectivity index (χ1) is 10.5. The Balaban J connectivity index is 1.91. The Labute approximate surface area is 125 Å². The Kier molecular flexibility index (Phi) is 3.34. The number of aromatic hydroxyl groups is 1. The predicted octanol–water partition coefficient (Wildman–Crippen LogP) is 1.99. The smallest absolute Gasteiger partial charge is 0.282 e. The van der Waals surface area contributed by atoms with Crippen molar-refractivity contribution < 1.29 is 19.1 Å². The zero-order valence-corrected chi connectivity index (χ0v) is 11.3. The van der Waals surface area contributed by atoms with Crippen LogP contribution in [0.3, 0.4) is 0 Å². The van der Waals surface area contributed by atoms with E-state index in [2.05, 4.69) is 5.43 Å². The van der Waals surface area contributed by atoms with Gasteiger partial charge in [0.2, 0.25) is 0 Å². The molecule has 0 aromatic heterocycles. The van der Waals surface area contributed by atoms with E-state index in [9.17, 15) is 19.1 Å². The van der Waals surface area contributed by atoms with Crippen molar-refractivity contribution in [1.82, 2.24) is 5.43 Å². The molecule has 0 bridgehead atoms. The average Bonchev–Trinajstić information content (AvgIpc) is 2.78. The summed E-state index contributed by atoms with van der Waals surface area (Å²) < 4.78 is 12.9. The number of carbonyl (C=O) groups is 2. The highest BCUT2D eigenvalue weighted by Crippen LogP contribution is 2.22. The minimum Gasteiger partial charge on any atom is -0.508 e. The Bertz CT molecular complexity index is 767. The second kappa shape index (κ2) is 5.33. The van der Waals surface area contributed by atoms with Crippen molar-refractivity contribution in [1.29, 1.82) is 0 Å². The van der Waals surface area contributed by atoms with Crippen LogP contribution >= 0.6 is 0 Å². The molecule has 1 aliphatic heterocycles. The highest BCUT2D eigenvalue weighted by atomic mass is 19.1. The van der Waals surface area contributed by atoms with Gasteiger partial charge < -0.3 is 5.11 Å². The molecule has 2 amide bonds. The van der Waals surface area contributed by atoms with Crippen molar-refractivity contribution in [2.45, 2.75) is 0 Å². The van der Waals surface area contributed by atoms with Gasteiger partial charge in [0, 0.05) is 0 Å². The molecule has 0 atom stereocenters. The highest BCUT2D eigenvalue weighted by Gasteiger charge is 2.34. The van der Waals surface area contributed by atoms with Gasteiger partial charge in [0.1, 0.15) is 17.1 Å². The number of nitrogens with zero attached hydrogens (tertiary/aromatic N) is 1. The van der Waals surface area contributed by atoms with Gasteiger partial charge in [0.15, 0.2) is 0 Å². The van der Waals surface area contributed by atoms with Crippen LogP contribution < -0.4 is 10.4 Å². The first-order valence-corrected chi connectivity index (χ1v) is 6.46. The number of hydrogen-bond acceptors (Lipinski definition) is 3. The third-order valence-electron chi connectivity index (χ3n) is 3.18. The van der Waals surface area contributed by atoms with Gasteiger partial charge in [-0.3, -0.25) is 15.0 Å². The third-order valence-corrected chi connectivity index (χ3v) is 3.18. The van der Waals surface area contributed by atoms with Crippen molar-refractivity contribution in [3.05, 3.63) is 65.5 Å². The molecule has 1 aliphatic rings. The van der Waals surface area contributed by atoms with Crippen LogP contribution in [0.4, 0.5) is 10.1 Å². The van der Waals surface area contributed by atoms with Crippen LogP contribution in [0, 0.1) is 5.82 Å². The molecule has 3 rings (SSSR count). The summed E-state index contributed by atoms with van der Waals surface area (Å²) in [6.07, 6.45) is 1.43. The number of nitrogens with one attached hydrogen (secondary N) is 1. The van der Waals surface area contributed by atoms with Crippen molar-refractivity contribution in [3.8, 4) is 5.75 Å². The van der Waals surface area contributed by atoms with Gasteiger partial charge in [-0.1, -0.05) is 12.1 Å². The lowest BCUT2D eigenvalue weighted by atomic mass is 10.1. The van der Waals surface area contributed by atoms with Crippen LogP contribution in [-0.4, -0.2) is 16.9 Å². The van der Waals surface area contributed by atoms with Crippen LogP contribution in [0.15, 0.2) is 54.1 Å². The summed E-state index contributed by atoms with van der Waals surface area (Å²) >= 11 is 0. The molecule has 1 saturated heterocycles. The average molecular weight is 298 g/mol. The van der Waals surface area contributed by atoms with Crippen LogP contribution in [0.2, 0.25) is 0 Å². The molecular formula is C16H11FN2O3. The summed E-state index contributed by atoms with van der Waals surface area (Å²) in [7, 11) is 0. The Hall–Kier alpha value is -3.15. The molecule has 0 radical (unpaired) electrons. The molecular weight excluding hydrogens is 287 g/mol. The number of anilines is 1. The fourth-order valence-electron chi connectivity index (χ4n) is 2.07. The summed E-state index contributed by atoms with van der Waals surface area (Å²) in [6.45, 7) is 0. The first kappa shape index (κ1) is 13.8. The summed E-state index contributed by atoms with van der Waals surface area (Å²) in [6, 6.07) is 11.3. The van der Waals surface area contributed by atoms with Gasteiger partial charge >= 0.3 is 0 Å². The summed E-state index contributed by atoms with van der Waals surface area (Å²) in [5.74, 6) is -1.40. The standard InChI is InChI=1S/C16H11FN2O3/c17-11-3-5-12(6-4-11)19-16(22)14(15(21)18-19)9-10-1-7-13(20)8-2-10/h1-9,20H,(H,18,21)/b14-9+. The molecule has 0 spiro atoms. The van der Waals surface area contributed by atoms with Gasteiger partial charge in [-0.2, -0.15) is 0 Å². The number of phenols is 1. The lowest BCUT2D eigenvalue weighted by Gasteiger charge is -2.14. The molecule has 1 fully saturated rings. The second-order valence-electron chi connectivity index (χ2n) is 4.71. The van der Waals surface area contributed by atoms with Gasteiger partial charge in [-0.05, 0) is 48.0 Å². The molecule has 5 nitrogen and oxygen atoms in total. The lowest BCUT2D eigenvalue weighted by molar-refractivity contribution is -0.117. The van der Waals surface area contributed by atoms with E-state index >= 15 is 0 Å². The predicted molar refractivity (Wildman–Crippen MR) is 78.1 cm³/mol. The van der Waals surface area contributed by atoms with Crippen LogP contribution in [0.1, 0.15) is 5.56 Å². The maximum absolute atomic E-state index is 12.9. The van der Waals surface area contributed by atoms with Crippen molar-refractivity contribution in [3.63, 3.8) is 0 Å². The number of halogens is 1. The molecule has 0 unspecified atom stereocenters. The number of carbonyl (C=O) groups excluding carboxylic acids is 2. The fraction of sp³-hybridized carbons (Fsp3) is 0. The van der Waals surface area contributed by atoms with E-state index in [-0.39, 0.29) is 11.3 Å². The molecule has 110 valence electrons. The van der Waals surface area contributed by atoms with E-state index in [1.165, 1.54) is 42.5 Å². The van der Waals surface area contributed by atoms with E-state index in [0.29, 0.717) is 11.3 Å². The third kappa shape index (κ3) is 2.54. The van der Waals surface area contributed by atoms with Crippen LogP contribution in [-0.2, 0) is 9.59 Å². The number of rotatable bonds is 2.